The van der Waals surface area contributed by atoms with Crippen LogP contribution in [0, 0.1) is 0 Å². The minimum atomic E-state index is -4.40. The van der Waals surface area contributed by atoms with Crippen molar-refractivity contribution in [3.63, 3.8) is 0 Å². The van der Waals surface area contributed by atoms with Gasteiger partial charge in [0.1, 0.15) is 0 Å². The minimum absolute atomic E-state index is 0.0726. The van der Waals surface area contributed by atoms with Gasteiger partial charge in [-0.3, -0.25) is 0 Å². The van der Waals surface area contributed by atoms with E-state index in [1.807, 2.05) is 0 Å². The van der Waals surface area contributed by atoms with Gasteiger partial charge in [0.25, 0.3) is 0 Å². The number of alkyl halides is 3. The van der Waals surface area contributed by atoms with Gasteiger partial charge in [-0.2, -0.15) is 13.2 Å². The first kappa shape index (κ1) is 15.0. The highest BCUT2D eigenvalue weighted by Gasteiger charge is 2.33. The van der Waals surface area contributed by atoms with Crippen LogP contribution in [-0.4, -0.2) is 23.9 Å². The Morgan fingerprint density at radius 3 is 2.44 bits per heavy atom. The molecule has 0 aliphatic carbocycles. The first-order valence-corrected chi connectivity index (χ1v) is 5.81. The Hall–Kier alpha value is -1.07. The van der Waals surface area contributed by atoms with Crippen LogP contribution in [0.15, 0.2) is 24.3 Å². The monoisotopic (exact) mass is 262 g/mol. The van der Waals surface area contributed by atoms with Gasteiger partial charge in [0.2, 0.25) is 0 Å². The number of benzene rings is 1. The molecule has 1 rings (SSSR count). The average Bonchev–Trinajstić information content (AvgIpc) is 2.28. The molecule has 0 spiro atoms. The topological polar surface area (TPSA) is 29.5 Å². The number of rotatable bonds is 5. The van der Waals surface area contributed by atoms with Crippen molar-refractivity contribution in [3.05, 3.63) is 35.4 Å². The lowest BCUT2D eigenvalue weighted by Gasteiger charge is -2.20. The van der Waals surface area contributed by atoms with Crippen LogP contribution >= 0.6 is 0 Å². The zero-order valence-electron chi connectivity index (χ0n) is 10.4. The quantitative estimate of drug-likeness (QED) is 0.883. The van der Waals surface area contributed by atoms with Gasteiger partial charge in [0.15, 0.2) is 0 Å². The molecule has 0 fully saturated rings. The summed E-state index contributed by atoms with van der Waals surface area (Å²) in [6.45, 7) is 3.83. The molecular formula is C13H17F3O2. The molecule has 2 atom stereocenters. The van der Waals surface area contributed by atoms with E-state index in [4.69, 9.17) is 4.74 Å². The summed E-state index contributed by atoms with van der Waals surface area (Å²) >= 11 is 0. The Balaban J connectivity index is 2.85. The average molecular weight is 262 g/mol. The summed E-state index contributed by atoms with van der Waals surface area (Å²) in [5.74, 6) is 0. The highest BCUT2D eigenvalue weighted by molar-refractivity contribution is 5.30. The zero-order valence-corrected chi connectivity index (χ0v) is 10.4. The molecule has 1 N–H and O–H groups in total. The molecular weight excluding hydrogens is 245 g/mol. The molecule has 1 aromatic rings. The Kier molecular flexibility index (Phi) is 5.16. The van der Waals surface area contributed by atoms with Crippen molar-refractivity contribution in [2.75, 3.05) is 6.61 Å². The van der Waals surface area contributed by atoms with Crippen molar-refractivity contribution in [1.82, 2.24) is 0 Å². The molecule has 0 amide bonds. The minimum Gasteiger partial charge on any atom is -0.390 e. The number of aliphatic hydroxyl groups is 1. The summed E-state index contributed by atoms with van der Waals surface area (Å²) in [4.78, 5) is 0. The molecule has 102 valence electrons. The molecule has 18 heavy (non-hydrogen) atoms. The molecule has 0 saturated heterocycles. The third-order valence-electron chi connectivity index (χ3n) is 2.72. The Labute approximate surface area is 104 Å². The predicted octanol–water partition coefficient (Wildman–Crippen LogP) is 3.03. The van der Waals surface area contributed by atoms with Gasteiger partial charge in [0.05, 0.1) is 17.8 Å². The second-order valence-electron chi connectivity index (χ2n) is 4.09. The van der Waals surface area contributed by atoms with E-state index in [9.17, 15) is 18.3 Å². The summed E-state index contributed by atoms with van der Waals surface area (Å²) < 4.78 is 43.4. The molecule has 0 aromatic heterocycles. The van der Waals surface area contributed by atoms with Crippen LogP contribution in [0.2, 0.25) is 0 Å². The fraction of sp³-hybridized carbons (Fsp3) is 0.538. The van der Waals surface area contributed by atoms with E-state index >= 15 is 0 Å². The van der Waals surface area contributed by atoms with Crippen LogP contribution in [0.3, 0.4) is 0 Å². The van der Waals surface area contributed by atoms with E-state index in [1.165, 1.54) is 18.2 Å². The SMILES string of the molecule is CCOC(C)C(O)Cc1ccccc1C(F)(F)F. The van der Waals surface area contributed by atoms with Crippen LogP contribution in [-0.2, 0) is 17.3 Å². The van der Waals surface area contributed by atoms with Crippen LogP contribution in [0.25, 0.3) is 0 Å². The van der Waals surface area contributed by atoms with Crippen LogP contribution in [0.5, 0.6) is 0 Å². The van der Waals surface area contributed by atoms with Gasteiger partial charge in [-0.1, -0.05) is 18.2 Å². The maximum atomic E-state index is 12.7. The highest BCUT2D eigenvalue weighted by Crippen LogP contribution is 2.32. The maximum absolute atomic E-state index is 12.7. The third kappa shape index (κ3) is 3.99. The lowest BCUT2D eigenvalue weighted by atomic mass is 9.99. The second kappa shape index (κ2) is 6.20. The fourth-order valence-electron chi connectivity index (χ4n) is 1.74. The van der Waals surface area contributed by atoms with Crippen LogP contribution in [0.4, 0.5) is 13.2 Å². The number of aliphatic hydroxyl groups excluding tert-OH is 1. The van der Waals surface area contributed by atoms with Gasteiger partial charge in [-0.25, -0.2) is 0 Å². The Bertz CT molecular complexity index is 377. The van der Waals surface area contributed by atoms with Gasteiger partial charge in [-0.05, 0) is 25.5 Å². The number of hydrogen-bond donors (Lipinski definition) is 1. The third-order valence-corrected chi connectivity index (χ3v) is 2.72. The number of halogens is 3. The lowest BCUT2D eigenvalue weighted by molar-refractivity contribution is -0.138. The summed E-state index contributed by atoms with van der Waals surface area (Å²) in [6, 6.07) is 5.27. The first-order chi connectivity index (χ1) is 8.36. The molecule has 0 heterocycles. The molecule has 2 nitrogen and oxygen atoms in total. The van der Waals surface area contributed by atoms with Crippen molar-refractivity contribution >= 4 is 0 Å². The number of ether oxygens (including phenoxy) is 1. The van der Waals surface area contributed by atoms with Crippen molar-refractivity contribution in [1.29, 1.82) is 0 Å². The normalized spacial score (nSPS) is 15.4. The van der Waals surface area contributed by atoms with Crippen molar-refractivity contribution < 1.29 is 23.0 Å². The van der Waals surface area contributed by atoms with Gasteiger partial charge < -0.3 is 9.84 Å². The maximum Gasteiger partial charge on any atom is 0.416 e. The van der Waals surface area contributed by atoms with Crippen molar-refractivity contribution in [3.8, 4) is 0 Å². The zero-order chi connectivity index (χ0) is 13.8. The second-order valence-corrected chi connectivity index (χ2v) is 4.09. The van der Waals surface area contributed by atoms with E-state index in [-0.39, 0.29) is 12.0 Å². The standard InChI is InChI=1S/C13H17F3O2/c1-3-18-9(2)12(17)8-10-6-4-5-7-11(10)13(14,15)16/h4-7,9,12,17H,3,8H2,1-2H3. The highest BCUT2D eigenvalue weighted by atomic mass is 19.4. The molecule has 0 aliphatic rings. The van der Waals surface area contributed by atoms with Crippen LogP contribution in [0.1, 0.15) is 25.0 Å². The molecule has 0 bridgehead atoms. The van der Waals surface area contributed by atoms with Gasteiger partial charge in [-0.15, -0.1) is 0 Å². The molecule has 1 aromatic carbocycles. The summed E-state index contributed by atoms with van der Waals surface area (Å²) in [6.07, 6.45) is -5.91. The van der Waals surface area contributed by atoms with Crippen LogP contribution < -0.4 is 0 Å². The van der Waals surface area contributed by atoms with E-state index in [2.05, 4.69) is 0 Å². The smallest absolute Gasteiger partial charge is 0.390 e. The molecule has 0 saturated carbocycles. The molecule has 0 radical (unpaired) electrons. The van der Waals surface area contributed by atoms with E-state index in [1.54, 1.807) is 13.8 Å². The predicted molar refractivity (Wildman–Crippen MR) is 62.2 cm³/mol. The Morgan fingerprint density at radius 2 is 1.89 bits per heavy atom. The van der Waals surface area contributed by atoms with E-state index in [0.717, 1.165) is 6.07 Å². The fourth-order valence-corrected chi connectivity index (χ4v) is 1.74. The van der Waals surface area contributed by atoms with Crippen molar-refractivity contribution in [2.24, 2.45) is 0 Å². The molecule has 2 unspecified atom stereocenters. The largest absolute Gasteiger partial charge is 0.416 e. The lowest BCUT2D eigenvalue weighted by Crippen LogP contribution is -2.29. The van der Waals surface area contributed by atoms with Crippen molar-refractivity contribution in [2.45, 2.75) is 38.7 Å². The van der Waals surface area contributed by atoms with E-state index in [0.29, 0.717) is 6.61 Å². The Morgan fingerprint density at radius 1 is 1.28 bits per heavy atom. The molecule has 5 heteroatoms. The summed E-state index contributed by atoms with van der Waals surface area (Å²) in [7, 11) is 0. The van der Waals surface area contributed by atoms with Gasteiger partial charge >= 0.3 is 6.18 Å². The number of hydrogen-bond acceptors (Lipinski definition) is 2. The van der Waals surface area contributed by atoms with E-state index < -0.39 is 23.9 Å². The summed E-state index contributed by atoms with van der Waals surface area (Å²) in [5, 5.41) is 9.80. The molecule has 0 aliphatic heterocycles. The van der Waals surface area contributed by atoms with Gasteiger partial charge in [0, 0.05) is 13.0 Å². The summed E-state index contributed by atoms with van der Waals surface area (Å²) in [5.41, 5.74) is -0.614. The first-order valence-electron chi connectivity index (χ1n) is 5.81.